The normalized spacial score (nSPS) is 15.4. The van der Waals surface area contributed by atoms with Gasteiger partial charge in [-0.25, -0.2) is 0 Å². The first-order valence-electron chi connectivity index (χ1n) is 9.42. The maximum atomic E-state index is 12.0. The molecule has 0 unspecified atom stereocenters. The van der Waals surface area contributed by atoms with Crippen molar-refractivity contribution >= 4 is 16.8 Å². The van der Waals surface area contributed by atoms with Gasteiger partial charge in [0.25, 0.3) is 5.91 Å². The van der Waals surface area contributed by atoms with Crippen molar-refractivity contribution < 1.29 is 4.79 Å². The van der Waals surface area contributed by atoms with Crippen LogP contribution in [0.2, 0.25) is 0 Å². The Bertz CT molecular complexity index is 908. The van der Waals surface area contributed by atoms with E-state index in [2.05, 4.69) is 28.5 Å². The van der Waals surface area contributed by atoms with E-state index < -0.39 is 0 Å². The van der Waals surface area contributed by atoms with Crippen molar-refractivity contribution in [2.24, 2.45) is 11.7 Å². The number of carbonyl (C=O) groups excluding carboxylic acids is 1. The molecular weight excluding hydrogens is 322 g/mol. The molecular formula is C22H25N3O. The third-order valence-corrected chi connectivity index (χ3v) is 5.53. The van der Waals surface area contributed by atoms with Crippen LogP contribution in [0.25, 0.3) is 22.0 Å². The van der Waals surface area contributed by atoms with Crippen LogP contribution >= 0.6 is 0 Å². The number of H-pyrrole nitrogens is 1. The van der Waals surface area contributed by atoms with Crippen LogP contribution < -0.4 is 11.1 Å². The van der Waals surface area contributed by atoms with Crippen molar-refractivity contribution in [1.82, 2.24) is 10.3 Å². The monoisotopic (exact) mass is 347 g/mol. The minimum Gasteiger partial charge on any atom is -0.366 e. The summed E-state index contributed by atoms with van der Waals surface area (Å²) in [6.45, 7) is 2.26. The van der Waals surface area contributed by atoms with Crippen LogP contribution in [0.4, 0.5) is 0 Å². The van der Waals surface area contributed by atoms with E-state index >= 15 is 0 Å². The largest absolute Gasteiger partial charge is 0.366 e. The Hall–Kier alpha value is -2.59. The van der Waals surface area contributed by atoms with Crippen LogP contribution in [-0.4, -0.2) is 24.0 Å². The number of primary amides is 1. The summed E-state index contributed by atoms with van der Waals surface area (Å²) in [6.07, 6.45) is 6.78. The summed E-state index contributed by atoms with van der Waals surface area (Å²) in [5, 5.41) is 4.55. The van der Waals surface area contributed by atoms with Gasteiger partial charge in [0.05, 0.1) is 11.1 Å². The van der Waals surface area contributed by atoms with Crippen molar-refractivity contribution in [3.05, 3.63) is 59.8 Å². The van der Waals surface area contributed by atoms with E-state index in [0.717, 1.165) is 47.5 Å². The average molecular weight is 347 g/mol. The molecule has 3 aromatic rings. The van der Waals surface area contributed by atoms with E-state index in [1.165, 1.54) is 24.8 Å². The summed E-state index contributed by atoms with van der Waals surface area (Å²) in [7, 11) is 0. The van der Waals surface area contributed by atoms with E-state index in [-0.39, 0.29) is 5.91 Å². The number of benzene rings is 2. The fourth-order valence-electron chi connectivity index (χ4n) is 4.02. The van der Waals surface area contributed by atoms with Crippen molar-refractivity contribution in [3.8, 4) is 11.1 Å². The summed E-state index contributed by atoms with van der Waals surface area (Å²) in [5.41, 5.74) is 10.5. The second kappa shape index (κ2) is 7.34. The number of amides is 1. The number of aromatic nitrogens is 1. The number of rotatable bonds is 5. The number of carbonyl (C=O) groups is 1. The van der Waals surface area contributed by atoms with E-state index in [4.69, 9.17) is 5.73 Å². The number of piperidine rings is 1. The fraction of sp³-hybridized carbons (Fsp3) is 0.318. The van der Waals surface area contributed by atoms with Crippen LogP contribution in [0.15, 0.2) is 48.7 Å². The number of aromatic amines is 1. The van der Waals surface area contributed by atoms with E-state index in [9.17, 15) is 4.79 Å². The molecule has 1 amide bonds. The van der Waals surface area contributed by atoms with Crippen molar-refractivity contribution in [3.63, 3.8) is 0 Å². The first kappa shape index (κ1) is 16.9. The number of nitrogens with one attached hydrogen (secondary N) is 2. The molecule has 4 heteroatoms. The zero-order valence-electron chi connectivity index (χ0n) is 14.9. The van der Waals surface area contributed by atoms with Crippen LogP contribution in [-0.2, 0) is 6.42 Å². The maximum absolute atomic E-state index is 12.0. The lowest BCUT2D eigenvalue weighted by Crippen LogP contribution is -2.27. The topological polar surface area (TPSA) is 70.9 Å². The van der Waals surface area contributed by atoms with Gasteiger partial charge < -0.3 is 16.0 Å². The van der Waals surface area contributed by atoms with Crippen LogP contribution in [0.5, 0.6) is 0 Å². The lowest BCUT2D eigenvalue weighted by Gasteiger charge is -2.22. The molecule has 4 rings (SSSR count). The minimum absolute atomic E-state index is 0.389. The summed E-state index contributed by atoms with van der Waals surface area (Å²) >= 11 is 0. The quantitative estimate of drug-likeness (QED) is 0.656. The van der Waals surface area contributed by atoms with Gasteiger partial charge in [0.15, 0.2) is 0 Å². The predicted octanol–water partition coefficient (Wildman–Crippen LogP) is 3.87. The number of hydrogen-bond donors (Lipinski definition) is 3. The number of fused-ring (bicyclic) bond motifs is 1. The van der Waals surface area contributed by atoms with Gasteiger partial charge in [0.1, 0.15) is 0 Å². The highest BCUT2D eigenvalue weighted by molar-refractivity contribution is 6.07. The Kier molecular flexibility index (Phi) is 4.76. The van der Waals surface area contributed by atoms with Gasteiger partial charge in [-0.1, -0.05) is 30.3 Å². The summed E-state index contributed by atoms with van der Waals surface area (Å²) in [6, 6.07) is 14.2. The Morgan fingerprint density at radius 1 is 1.08 bits per heavy atom. The van der Waals surface area contributed by atoms with Gasteiger partial charge in [0, 0.05) is 11.6 Å². The first-order valence-corrected chi connectivity index (χ1v) is 9.42. The molecule has 1 saturated heterocycles. The average Bonchev–Trinajstić information content (AvgIpc) is 3.10. The minimum atomic E-state index is -0.389. The van der Waals surface area contributed by atoms with Crippen molar-refractivity contribution in [1.29, 1.82) is 0 Å². The molecule has 1 aliphatic heterocycles. The SMILES string of the molecule is NC(=O)c1cc(-c2ccccc2)cc2c(CCC3CCNCC3)c[nH]c12. The maximum Gasteiger partial charge on any atom is 0.250 e. The van der Waals surface area contributed by atoms with E-state index in [1.54, 1.807) is 0 Å². The molecule has 4 N–H and O–H groups in total. The van der Waals surface area contributed by atoms with E-state index in [1.807, 2.05) is 30.5 Å². The molecule has 0 atom stereocenters. The van der Waals surface area contributed by atoms with Crippen LogP contribution in [0, 0.1) is 5.92 Å². The molecule has 4 nitrogen and oxygen atoms in total. The summed E-state index contributed by atoms with van der Waals surface area (Å²) < 4.78 is 0. The highest BCUT2D eigenvalue weighted by Crippen LogP contribution is 2.31. The lowest BCUT2D eigenvalue weighted by atomic mass is 9.90. The summed E-state index contributed by atoms with van der Waals surface area (Å²) in [5.74, 6) is 0.397. The smallest absolute Gasteiger partial charge is 0.250 e. The first-order chi connectivity index (χ1) is 12.7. The van der Waals surface area contributed by atoms with Gasteiger partial charge in [-0.05, 0) is 73.5 Å². The second-order valence-electron chi connectivity index (χ2n) is 7.22. The molecule has 26 heavy (non-hydrogen) atoms. The number of nitrogens with two attached hydrogens (primary N) is 1. The fourth-order valence-corrected chi connectivity index (χ4v) is 4.02. The van der Waals surface area contributed by atoms with Gasteiger partial charge in [-0.2, -0.15) is 0 Å². The molecule has 134 valence electrons. The third kappa shape index (κ3) is 3.37. The zero-order chi connectivity index (χ0) is 17.9. The molecule has 2 aromatic carbocycles. The van der Waals surface area contributed by atoms with Gasteiger partial charge in [0.2, 0.25) is 0 Å². The molecule has 0 aliphatic carbocycles. The van der Waals surface area contributed by atoms with Gasteiger partial charge >= 0.3 is 0 Å². The zero-order valence-corrected chi connectivity index (χ0v) is 14.9. The van der Waals surface area contributed by atoms with Crippen molar-refractivity contribution in [2.45, 2.75) is 25.7 Å². The van der Waals surface area contributed by atoms with Crippen LogP contribution in [0.3, 0.4) is 0 Å². The number of hydrogen-bond acceptors (Lipinski definition) is 2. The highest BCUT2D eigenvalue weighted by Gasteiger charge is 2.17. The Morgan fingerprint density at radius 2 is 1.85 bits per heavy atom. The molecule has 1 fully saturated rings. The van der Waals surface area contributed by atoms with Crippen molar-refractivity contribution in [2.75, 3.05) is 13.1 Å². The molecule has 2 heterocycles. The Labute approximate surface area is 153 Å². The molecule has 0 radical (unpaired) electrons. The Balaban J connectivity index is 1.70. The second-order valence-corrected chi connectivity index (χ2v) is 7.22. The predicted molar refractivity (Wildman–Crippen MR) is 106 cm³/mol. The molecule has 1 aliphatic rings. The molecule has 0 spiro atoms. The lowest BCUT2D eigenvalue weighted by molar-refractivity contribution is 0.100. The van der Waals surface area contributed by atoms with Crippen LogP contribution in [0.1, 0.15) is 35.2 Å². The molecule has 0 bridgehead atoms. The van der Waals surface area contributed by atoms with E-state index in [0.29, 0.717) is 5.56 Å². The van der Waals surface area contributed by atoms with Gasteiger partial charge in [-0.3, -0.25) is 4.79 Å². The third-order valence-electron chi connectivity index (χ3n) is 5.53. The molecule has 1 aromatic heterocycles. The summed E-state index contributed by atoms with van der Waals surface area (Å²) in [4.78, 5) is 15.3. The molecule has 0 saturated carbocycles. The Morgan fingerprint density at radius 3 is 2.58 bits per heavy atom. The highest BCUT2D eigenvalue weighted by atomic mass is 16.1. The van der Waals surface area contributed by atoms with Gasteiger partial charge in [-0.15, -0.1) is 0 Å². The number of aryl methyl sites for hydroxylation is 1. The standard InChI is InChI=1S/C22H25N3O/c23-22(26)20-13-18(16-4-2-1-3-5-16)12-19-17(14-25-21(19)20)7-6-15-8-10-24-11-9-15/h1-5,12-15,24-25H,6-11H2,(H2,23,26).